The first-order valence-corrected chi connectivity index (χ1v) is 10.5. The Kier molecular flexibility index (Phi) is 7.35. The van der Waals surface area contributed by atoms with Crippen LogP contribution in [0, 0.1) is 0 Å². The Bertz CT molecular complexity index is 847. The first-order valence-electron chi connectivity index (χ1n) is 9.54. The average Bonchev–Trinajstić information content (AvgIpc) is 3.44. The van der Waals surface area contributed by atoms with Gasteiger partial charge >= 0.3 is 5.97 Å². The zero-order chi connectivity index (χ0) is 20.6. The van der Waals surface area contributed by atoms with Crippen LogP contribution in [0.4, 0.5) is 0 Å². The molecule has 1 aliphatic rings. The molecule has 8 heteroatoms. The molecular formula is C21H24N2O5S. The summed E-state index contributed by atoms with van der Waals surface area (Å²) in [6.45, 7) is 2.99. The van der Waals surface area contributed by atoms with Crippen molar-refractivity contribution in [2.45, 2.75) is 30.7 Å². The SMILES string of the molecule is C[C@H](NC(=O)COC(=O)c1ccccc1SCC(=O)N1CCCC1)c1ccco1. The number of benzene rings is 1. The summed E-state index contributed by atoms with van der Waals surface area (Å²) in [6, 6.07) is 10.1. The van der Waals surface area contributed by atoms with Crippen LogP contribution >= 0.6 is 11.8 Å². The molecule has 1 aliphatic heterocycles. The van der Waals surface area contributed by atoms with Gasteiger partial charge in [0.2, 0.25) is 5.91 Å². The van der Waals surface area contributed by atoms with Gasteiger partial charge in [-0.05, 0) is 44.0 Å². The lowest BCUT2D eigenvalue weighted by Gasteiger charge is -2.15. The highest BCUT2D eigenvalue weighted by Crippen LogP contribution is 2.24. The number of carbonyl (C=O) groups is 3. The summed E-state index contributed by atoms with van der Waals surface area (Å²) in [7, 11) is 0. The van der Waals surface area contributed by atoms with E-state index in [-0.39, 0.29) is 17.7 Å². The largest absolute Gasteiger partial charge is 0.467 e. The average molecular weight is 416 g/mol. The van der Waals surface area contributed by atoms with Crippen molar-refractivity contribution in [1.29, 1.82) is 0 Å². The Morgan fingerprint density at radius 2 is 1.93 bits per heavy atom. The summed E-state index contributed by atoms with van der Waals surface area (Å²) in [5.74, 6) is -0.0546. The third-order valence-corrected chi connectivity index (χ3v) is 5.66. The lowest BCUT2D eigenvalue weighted by Crippen LogP contribution is -2.31. The van der Waals surface area contributed by atoms with E-state index < -0.39 is 18.5 Å². The minimum Gasteiger partial charge on any atom is -0.467 e. The van der Waals surface area contributed by atoms with Crippen molar-refractivity contribution in [3.8, 4) is 0 Å². The highest BCUT2D eigenvalue weighted by molar-refractivity contribution is 8.00. The maximum Gasteiger partial charge on any atom is 0.339 e. The fraction of sp³-hybridized carbons (Fsp3) is 0.381. The first kappa shape index (κ1) is 21.0. The molecule has 1 N–H and O–H groups in total. The maximum absolute atomic E-state index is 12.5. The molecule has 1 fully saturated rings. The van der Waals surface area contributed by atoms with Gasteiger partial charge < -0.3 is 19.4 Å². The van der Waals surface area contributed by atoms with Crippen LogP contribution in [0.5, 0.6) is 0 Å². The van der Waals surface area contributed by atoms with Gasteiger partial charge in [0, 0.05) is 18.0 Å². The topological polar surface area (TPSA) is 88.8 Å². The molecule has 154 valence electrons. The zero-order valence-corrected chi connectivity index (χ0v) is 17.1. The number of hydrogen-bond acceptors (Lipinski definition) is 6. The Morgan fingerprint density at radius 1 is 1.17 bits per heavy atom. The second kappa shape index (κ2) is 10.2. The molecule has 0 radical (unpaired) electrons. The highest BCUT2D eigenvalue weighted by Gasteiger charge is 2.20. The smallest absolute Gasteiger partial charge is 0.339 e. The summed E-state index contributed by atoms with van der Waals surface area (Å²) in [4.78, 5) is 39.3. The molecule has 0 bridgehead atoms. The van der Waals surface area contributed by atoms with E-state index in [0.29, 0.717) is 16.2 Å². The molecule has 1 atom stereocenters. The monoisotopic (exact) mass is 416 g/mol. The molecule has 1 saturated heterocycles. The number of ether oxygens (including phenoxy) is 1. The molecule has 1 aromatic heterocycles. The highest BCUT2D eigenvalue weighted by atomic mass is 32.2. The summed E-state index contributed by atoms with van der Waals surface area (Å²) in [6.07, 6.45) is 3.61. The van der Waals surface area contributed by atoms with Crippen molar-refractivity contribution < 1.29 is 23.5 Å². The number of amides is 2. The molecule has 0 saturated carbocycles. The maximum atomic E-state index is 12.5. The number of nitrogens with one attached hydrogen (secondary N) is 1. The summed E-state index contributed by atoms with van der Waals surface area (Å²) >= 11 is 1.31. The number of furan rings is 1. The van der Waals surface area contributed by atoms with Crippen LogP contribution in [-0.4, -0.2) is 48.1 Å². The summed E-state index contributed by atoms with van der Waals surface area (Å²) in [5, 5.41) is 2.71. The third kappa shape index (κ3) is 5.87. The van der Waals surface area contributed by atoms with Crippen molar-refractivity contribution in [3.63, 3.8) is 0 Å². The molecule has 29 heavy (non-hydrogen) atoms. The number of hydrogen-bond donors (Lipinski definition) is 1. The van der Waals surface area contributed by atoms with Crippen molar-refractivity contribution in [2.24, 2.45) is 0 Å². The van der Waals surface area contributed by atoms with Gasteiger partial charge in [0.15, 0.2) is 6.61 Å². The fourth-order valence-corrected chi connectivity index (χ4v) is 4.00. The molecule has 0 spiro atoms. The van der Waals surface area contributed by atoms with E-state index >= 15 is 0 Å². The Hall–Kier alpha value is -2.74. The van der Waals surface area contributed by atoms with Gasteiger partial charge in [-0.15, -0.1) is 11.8 Å². The number of carbonyl (C=O) groups excluding carboxylic acids is 3. The minimum atomic E-state index is -0.595. The molecule has 2 heterocycles. The van der Waals surface area contributed by atoms with Crippen molar-refractivity contribution in [1.82, 2.24) is 10.2 Å². The molecule has 2 amide bonds. The van der Waals surface area contributed by atoms with Crippen molar-refractivity contribution in [2.75, 3.05) is 25.4 Å². The van der Waals surface area contributed by atoms with E-state index in [0.717, 1.165) is 25.9 Å². The van der Waals surface area contributed by atoms with E-state index in [4.69, 9.17) is 9.15 Å². The summed E-state index contributed by atoms with van der Waals surface area (Å²) < 4.78 is 10.4. The fourth-order valence-electron chi connectivity index (χ4n) is 3.06. The lowest BCUT2D eigenvalue weighted by molar-refractivity contribution is -0.127. The molecule has 1 aromatic carbocycles. The van der Waals surface area contributed by atoms with Gasteiger partial charge in [-0.3, -0.25) is 9.59 Å². The molecule has 7 nitrogen and oxygen atoms in total. The first-order chi connectivity index (χ1) is 14.0. The molecule has 2 aromatic rings. The summed E-state index contributed by atoms with van der Waals surface area (Å²) in [5.41, 5.74) is 0.346. The van der Waals surface area contributed by atoms with E-state index in [1.165, 1.54) is 18.0 Å². The Morgan fingerprint density at radius 3 is 2.66 bits per heavy atom. The van der Waals surface area contributed by atoms with E-state index in [1.807, 2.05) is 4.90 Å². The Labute approximate surface area is 173 Å². The lowest BCUT2D eigenvalue weighted by atomic mass is 10.2. The van der Waals surface area contributed by atoms with Gasteiger partial charge in [0.05, 0.1) is 23.6 Å². The minimum absolute atomic E-state index is 0.0713. The van der Waals surface area contributed by atoms with E-state index in [9.17, 15) is 14.4 Å². The number of thioether (sulfide) groups is 1. The molecular weight excluding hydrogens is 392 g/mol. The van der Waals surface area contributed by atoms with E-state index in [2.05, 4.69) is 5.32 Å². The molecule has 0 aliphatic carbocycles. The van der Waals surface area contributed by atoms with Gasteiger partial charge in [-0.2, -0.15) is 0 Å². The number of nitrogens with zero attached hydrogens (tertiary/aromatic N) is 1. The van der Waals surface area contributed by atoms with Crippen molar-refractivity contribution >= 4 is 29.5 Å². The van der Waals surface area contributed by atoms with Crippen LogP contribution in [0.15, 0.2) is 52.0 Å². The van der Waals surface area contributed by atoms with Gasteiger partial charge in [0.25, 0.3) is 5.91 Å². The Balaban J connectivity index is 1.51. The number of likely N-dealkylation sites (tertiary alicyclic amines) is 1. The molecule has 3 rings (SSSR count). The molecule has 0 unspecified atom stereocenters. The van der Waals surface area contributed by atoms with Crippen LogP contribution in [0.1, 0.15) is 41.9 Å². The number of rotatable bonds is 8. The van der Waals surface area contributed by atoms with Crippen LogP contribution in [0.3, 0.4) is 0 Å². The number of esters is 1. The normalized spacial score (nSPS) is 14.4. The quantitative estimate of drug-likeness (QED) is 0.526. The second-order valence-electron chi connectivity index (χ2n) is 6.75. The predicted octanol–water partition coefficient (Wildman–Crippen LogP) is 3.03. The predicted molar refractivity (Wildman–Crippen MR) is 109 cm³/mol. The second-order valence-corrected chi connectivity index (χ2v) is 7.77. The van der Waals surface area contributed by atoms with Gasteiger partial charge in [-0.25, -0.2) is 4.79 Å². The third-order valence-electron chi connectivity index (χ3n) is 4.60. The van der Waals surface area contributed by atoms with Gasteiger partial charge in [0.1, 0.15) is 5.76 Å². The van der Waals surface area contributed by atoms with Crippen molar-refractivity contribution in [3.05, 3.63) is 54.0 Å². The van der Waals surface area contributed by atoms with Gasteiger partial charge in [-0.1, -0.05) is 12.1 Å². The van der Waals surface area contributed by atoms with Crippen LogP contribution in [0.25, 0.3) is 0 Å². The standard InChI is InChI=1S/C21H24N2O5S/c1-15(17-8-6-12-27-17)22-19(24)13-28-21(26)16-7-2-3-9-18(16)29-14-20(25)23-10-4-5-11-23/h2-3,6-9,12,15H,4-5,10-11,13-14H2,1H3,(H,22,24)/t15-/m0/s1. The van der Waals surface area contributed by atoms with E-state index in [1.54, 1.807) is 43.3 Å². The zero-order valence-electron chi connectivity index (χ0n) is 16.3. The van der Waals surface area contributed by atoms with Crippen LogP contribution in [0.2, 0.25) is 0 Å². The van der Waals surface area contributed by atoms with Crippen LogP contribution < -0.4 is 5.32 Å². The van der Waals surface area contributed by atoms with Crippen LogP contribution in [-0.2, 0) is 14.3 Å².